The molecule has 0 atom stereocenters. The molecule has 9 nitrogen and oxygen atoms in total. The van der Waals surface area contributed by atoms with Crippen molar-refractivity contribution in [2.24, 2.45) is 5.10 Å². The molecule has 0 saturated carbocycles. The highest BCUT2D eigenvalue weighted by Crippen LogP contribution is 2.35. The first kappa shape index (κ1) is 25.8. The van der Waals surface area contributed by atoms with Gasteiger partial charge in [-0.1, -0.05) is 58.4 Å². The first-order valence-electron chi connectivity index (χ1n) is 11.8. The average molecular weight is 585 g/mol. The van der Waals surface area contributed by atoms with Crippen LogP contribution in [0.5, 0.6) is 11.5 Å². The maximum atomic E-state index is 13.5. The number of nitrogens with zero attached hydrogens (tertiary/aromatic N) is 4. The molecule has 5 rings (SSSR count). The fraction of sp³-hybridized carbons (Fsp3) is 0.0690. The van der Waals surface area contributed by atoms with Crippen molar-refractivity contribution < 1.29 is 14.4 Å². The van der Waals surface area contributed by atoms with Gasteiger partial charge in [0, 0.05) is 27.7 Å². The van der Waals surface area contributed by atoms with E-state index in [9.17, 15) is 14.9 Å². The van der Waals surface area contributed by atoms with Crippen LogP contribution in [-0.4, -0.2) is 27.9 Å². The number of fused-ring (bicyclic) bond motifs is 1. The van der Waals surface area contributed by atoms with E-state index in [0.29, 0.717) is 33.8 Å². The maximum Gasteiger partial charge on any atom is 0.282 e. The van der Waals surface area contributed by atoms with Gasteiger partial charge in [0.05, 0.1) is 29.2 Å². The van der Waals surface area contributed by atoms with Gasteiger partial charge in [-0.05, 0) is 42.0 Å². The summed E-state index contributed by atoms with van der Waals surface area (Å²) in [6.07, 6.45) is 1.52. The van der Waals surface area contributed by atoms with E-state index in [4.69, 9.17) is 14.5 Å². The molecule has 1 heterocycles. The van der Waals surface area contributed by atoms with Crippen molar-refractivity contribution in [3.05, 3.63) is 127 Å². The largest absolute Gasteiger partial charge is 0.493 e. The molecular formula is C29H21BrN4O5. The lowest BCUT2D eigenvalue weighted by molar-refractivity contribution is -0.384. The lowest BCUT2D eigenvalue weighted by atomic mass is 10.2. The minimum Gasteiger partial charge on any atom is -0.493 e. The number of hydrogen-bond donors (Lipinski definition) is 0. The molecule has 194 valence electrons. The van der Waals surface area contributed by atoms with Crippen molar-refractivity contribution >= 4 is 38.7 Å². The number of methoxy groups -OCH3 is 1. The predicted molar refractivity (Wildman–Crippen MR) is 153 cm³/mol. The highest BCUT2D eigenvalue weighted by atomic mass is 79.9. The second-order valence-electron chi connectivity index (χ2n) is 8.42. The first-order valence-corrected chi connectivity index (χ1v) is 12.6. The summed E-state index contributed by atoms with van der Waals surface area (Å²) in [5.41, 5.74) is 2.27. The Labute approximate surface area is 231 Å². The smallest absolute Gasteiger partial charge is 0.282 e. The van der Waals surface area contributed by atoms with Gasteiger partial charge < -0.3 is 9.47 Å². The Kier molecular flexibility index (Phi) is 7.46. The van der Waals surface area contributed by atoms with Gasteiger partial charge in [-0.25, -0.2) is 4.98 Å². The van der Waals surface area contributed by atoms with Crippen LogP contribution in [0.2, 0.25) is 0 Å². The van der Waals surface area contributed by atoms with Gasteiger partial charge in [-0.3, -0.25) is 14.9 Å². The van der Waals surface area contributed by atoms with Crippen LogP contribution in [0.4, 0.5) is 5.69 Å². The number of non-ortho nitro benzene ring substituents is 1. The third kappa shape index (κ3) is 5.55. The number of para-hydroxylation sites is 1. The van der Waals surface area contributed by atoms with Crippen molar-refractivity contribution in [1.29, 1.82) is 0 Å². The van der Waals surface area contributed by atoms with Crippen LogP contribution < -0.4 is 15.0 Å². The molecule has 0 radical (unpaired) electrons. The molecule has 0 spiro atoms. The number of rotatable bonds is 8. The Hall–Kier alpha value is -4.83. The van der Waals surface area contributed by atoms with Gasteiger partial charge in [0.2, 0.25) is 0 Å². The van der Waals surface area contributed by atoms with E-state index >= 15 is 0 Å². The molecule has 10 heteroatoms. The Bertz CT molecular complexity index is 1750. The summed E-state index contributed by atoms with van der Waals surface area (Å²) >= 11 is 3.49. The van der Waals surface area contributed by atoms with Gasteiger partial charge in [0.25, 0.3) is 11.2 Å². The summed E-state index contributed by atoms with van der Waals surface area (Å²) in [5, 5.41) is 16.0. The number of benzene rings is 4. The second kappa shape index (κ2) is 11.3. The van der Waals surface area contributed by atoms with Crippen LogP contribution in [0.25, 0.3) is 22.3 Å². The molecule has 0 amide bonds. The Balaban J connectivity index is 1.57. The number of nitro groups is 1. The Morgan fingerprint density at radius 1 is 1.03 bits per heavy atom. The summed E-state index contributed by atoms with van der Waals surface area (Å²) in [5.74, 6) is 1.23. The molecule has 0 bridgehead atoms. The second-order valence-corrected chi connectivity index (χ2v) is 9.33. The standard InChI is InChI=1S/C29H21BrN4O5/c1-38-26-16-22(30)15-21(27(26)39-18-19-11-13-23(14-12-19)34(36)37)17-31-33-28(20-7-3-2-4-8-20)32-25-10-6-5-9-24(25)29(33)35/h2-17H,18H2,1H3. The van der Waals surface area contributed by atoms with Crippen LogP contribution >= 0.6 is 15.9 Å². The Morgan fingerprint density at radius 2 is 1.74 bits per heavy atom. The number of nitro benzene ring substituents is 1. The SMILES string of the molecule is COc1cc(Br)cc(C=Nn2c(-c3ccccc3)nc3ccccc3c2=O)c1OCc1ccc([N+](=O)[O-])cc1. The van der Waals surface area contributed by atoms with E-state index in [2.05, 4.69) is 21.0 Å². The van der Waals surface area contributed by atoms with Crippen molar-refractivity contribution in [3.63, 3.8) is 0 Å². The van der Waals surface area contributed by atoms with Crippen LogP contribution in [-0.2, 0) is 6.61 Å². The van der Waals surface area contributed by atoms with E-state index in [0.717, 1.165) is 15.6 Å². The van der Waals surface area contributed by atoms with E-state index in [1.54, 1.807) is 42.5 Å². The summed E-state index contributed by atoms with van der Waals surface area (Å²) in [4.78, 5) is 28.7. The van der Waals surface area contributed by atoms with Crippen molar-refractivity contribution in [3.8, 4) is 22.9 Å². The summed E-state index contributed by atoms with van der Waals surface area (Å²) in [7, 11) is 1.52. The molecule has 39 heavy (non-hydrogen) atoms. The van der Waals surface area contributed by atoms with E-state index in [1.165, 1.54) is 30.1 Å². The zero-order valence-corrected chi connectivity index (χ0v) is 22.2. The third-order valence-electron chi connectivity index (χ3n) is 5.90. The Morgan fingerprint density at radius 3 is 2.46 bits per heavy atom. The van der Waals surface area contributed by atoms with E-state index in [-0.39, 0.29) is 17.9 Å². The van der Waals surface area contributed by atoms with Crippen molar-refractivity contribution in [1.82, 2.24) is 9.66 Å². The van der Waals surface area contributed by atoms with E-state index in [1.807, 2.05) is 36.4 Å². The third-order valence-corrected chi connectivity index (χ3v) is 6.35. The summed E-state index contributed by atoms with van der Waals surface area (Å²) in [6, 6.07) is 26.1. The highest BCUT2D eigenvalue weighted by Gasteiger charge is 2.15. The number of aromatic nitrogens is 2. The molecule has 0 saturated heterocycles. The van der Waals surface area contributed by atoms with E-state index < -0.39 is 4.92 Å². The fourth-order valence-electron chi connectivity index (χ4n) is 3.99. The zero-order valence-electron chi connectivity index (χ0n) is 20.7. The fourth-order valence-corrected chi connectivity index (χ4v) is 4.44. The zero-order chi connectivity index (χ0) is 27.4. The molecule has 0 fully saturated rings. The number of halogens is 1. The normalized spacial score (nSPS) is 11.1. The van der Waals surface area contributed by atoms with Gasteiger partial charge in [0.15, 0.2) is 17.3 Å². The van der Waals surface area contributed by atoms with Crippen LogP contribution in [0.15, 0.2) is 105 Å². The highest BCUT2D eigenvalue weighted by molar-refractivity contribution is 9.10. The summed E-state index contributed by atoms with van der Waals surface area (Å²) < 4.78 is 13.6. The van der Waals surface area contributed by atoms with Crippen LogP contribution in [0.1, 0.15) is 11.1 Å². The molecule has 0 unspecified atom stereocenters. The molecular weight excluding hydrogens is 564 g/mol. The topological polar surface area (TPSA) is 109 Å². The molecule has 0 N–H and O–H groups in total. The molecule has 0 aliphatic carbocycles. The quantitative estimate of drug-likeness (QED) is 0.122. The molecule has 5 aromatic rings. The minimum absolute atomic E-state index is 0.00329. The van der Waals surface area contributed by atoms with Gasteiger partial charge in [-0.15, -0.1) is 0 Å². The van der Waals surface area contributed by atoms with Gasteiger partial charge in [-0.2, -0.15) is 9.78 Å². The lowest BCUT2D eigenvalue weighted by Gasteiger charge is -2.14. The average Bonchev–Trinajstić information content (AvgIpc) is 2.96. The first-order chi connectivity index (χ1) is 18.9. The maximum absolute atomic E-state index is 13.5. The lowest BCUT2D eigenvalue weighted by Crippen LogP contribution is -2.20. The van der Waals surface area contributed by atoms with Crippen molar-refractivity contribution in [2.45, 2.75) is 6.61 Å². The molecule has 4 aromatic carbocycles. The molecule has 0 aliphatic heterocycles. The molecule has 0 aliphatic rings. The van der Waals surface area contributed by atoms with Crippen LogP contribution in [0.3, 0.4) is 0 Å². The number of ether oxygens (including phenoxy) is 2. The number of hydrogen-bond acceptors (Lipinski definition) is 7. The van der Waals surface area contributed by atoms with Gasteiger partial charge >= 0.3 is 0 Å². The van der Waals surface area contributed by atoms with Crippen molar-refractivity contribution in [2.75, 3.05) is 7.11 Å². The molecule has 1 aromatic heterocycles. The monoisotopic (exact) mass is 584 g/mol. The minimum atomic E-state index is -0.454. The van der Waals surface area contributed by atoms with Gasteiger partial charge in [0.1, 0.15) is 6.61 Å². The predicted octanol–water partition coefficient (Wildman–Crippen LogP) is 6.20. The summed E-state index contributed by atoms with van der Waals surface area (Å²) in [6.45, 7) is 0.129. The van der Waals surface area contributed by atoms with Crippen LogP contribution in [0, 0.1) is 10.1 Å².